The van der Waals surface area contributed by atoms with Crippen molar-refractivity contribution in [2.24, 2.45) is 4.99 Å². The molecule has 0 saturated heterocycles. The molecule has 2 rings (SSSR count). The number of rotatable bonds is 9. The van der Waals surface area contributed by atoms with Crippen molar-refractivity contribution in [3.05, 3.63) is 23.8 Å². The van der Waals surface area contributed by atoms with Gasteiger partial charge in [0.15, 0.2) is 17.5 Å². The van der Waals surface area contributed by atoms with E-state index in [2.05, 4.69) is 33.1 Å². The highest BCUT2D eigenvalue weighted by molar-refractivity contribution is 5.86. The Labute approximate surface area is 174 Å². The van der Waals surface area contributed by atoms with Crippen LogP contribution in [0.15, 0.2) is 23.2 Å². The molecule has 0 spiro atoms. The summed E-state index contributed by atoms with van der Waals surface area (Å²) in [6.07, 6.45) is 6.78. The molecule has 1 fully saturated rings. The Morgan fingerprint density at radius 2 is 1.79 bits per heavy atom. The molecule has 1 aliphatic carbocycles. The highest BCUT2D eigenvalue weighted by atomic mass is 16.5. The summed E-state index contributed by atoms with van der Waals surface area (Å²) in [5.74, 6) is 2.11. The van der Waals surface area contributed by atoms with E-state index in [1.807, 2.05) is 13.0 Å². The first kappa shape index (κ1) is 22.8. The van der Waals surface area contributed by atoms with E-state index in [0.717, 1.165) is 37.3 Å². The number of nitrogens with zero attached hydrogens (tertiary/aromatic N) is 1. The van der Waals surface area contributed by atoms with Crippen molar-refractivity contribution in [2.45, 2.75) is 50.9 Å². The van der Waals surface area contributed by atoms with Gasteiger partial charge in [0.2, 0.25) is 5.91 Å². The van der Waals surface area contributed by atoms with Crippen molar-refractivity contribution in [1.29, 1.82) is 0 Å². The molecule has 1 amide bonds. The number of carbonyl (C=O) groups excluding carboxylic acids is 1. The van der Waals surface area contributed by atoms with Crippen LogP contribution in [-0.4, -0.2) is 52.8 Å². The van der Waals surface area contributed by atoms with Crippen LogP contribution in [0.4, 0.5) is 0 Å². The molecule has 0 bridgehead atoms. The van der Waals surface area contributed by atoms with Gasteiger partial charge >= 0.3 is 0 Å². The van der Waals surface area contributed by atoms with Gasteiger partial charge in [-0.05, 0) is 37.0 Å². The third kappa shape index (κ3) is 6.27. The summed E-state index contributed by atoms with van der Waals surface area (Å²) < 4.78 is 10.9. The molecule has 0 radical (unpaired) electrons. The van der Waals surface area contributed by atoms with E-state index in [9.17, 15) is 4.79 Å². The minimum absolute atomic E-state index is 0.000108. The van der Waals surface area contributed by atoms with Gasteiger partial charge in [-0.1, -0.05) is 32.3 Å². The normalized spacial score (nSPS) is 16.1. The van der Waals surface area contributed by atoms with Crippen LogP contribution in [-0.2, 0) is 10.2 Å². The molecule has 1 aliphatic rings. The van der Waals surface area contributed by atoms with Crippen molar-refractivity contribution in [3.8, 4) is 11.5 Å². The summed E-state index contributed by atoms with van der Waals surface area (Å²) in [7, 11) is 5.05. The molecule has 162 valence electrons. The molecule has 0 heterocycles. The first-order valence-corrected chi connectivity index (χ1v) is 10.5. The highest BCUT2D eigenvalue weighted by Gasteiger charge is 2.34. The quantitative estimate of drug-likeness (QED) is 0.435. The van der Waals surface area contributed by atoms with Crippen LogP contribution in [0, 0.1) is 0 Å². The Bertz CT molecular complexity index is 685. The van der Waals surface area contributed by atoms with E-state index in [-0.39, 0.29) is 17.9 Å². The number of guanidine groups is 1. The van der Waals surface area contributed by atoms with Crippen molar-refractivity contribution < 1.29 is 14.3 Å². The van der Waals surface area contributed by atoms with E-state index in [1.165, 1.54) is 24.8 Å². The van der Waals surface area contributed by atoms with Gasteiger partial charge < -0.3 is 25.4 Å². The van der Waals surface area contributed by atoms with E-state index in [1.54, 1.807) is 21.3 Å². The van der Waals surface area contributed by atoms with Crippen molar-refractivity contribution in [3.63, 3.8) is 0 Å². The Hall–Kier alpha value is -2.44. The summed E-state index contributed by atoms with van der Waals surface area (Å²) in [6.45, 7) is 3.68. The van der Waals surface area contributed by atoms with Gasteiger partial charge in [0.05, 0.1) is 20.8 Å². The lowest BCUT2D eigenvalue weighted by Crippen LogP contribution is -2.48. The summed E-state index contributed by atoms with van der Waals surface area (Å²) in [4.78, 5) is 16.1. The average molecular weight is 405 g/mol. The number of carbonyl (C=O) groups is 1. The predicted octanol–water partition coefficient (Wildman–Crippen LogP) is 2.60. The van der Waals surface area contributed by atoms with Gasteiger partial charge in [0.25, 0.3) is 0 Å². The lowest BCUT2D eigenvalue weighted by molar-refractivity contribution is -0.120. The fraction of sp³-hybridized carbons (Fsp3) is 0.636. The number of methoxy groups -OCH3 is 2. The highest BCUT2D eigenvalue weighted by Crippen LogP contribution is 2.42. The maximum atomic E-state index is 11.9. The first-order chi connectivity index (χ1) is 14.1. The van der Waals surface area contributed by atoms with Crippen LogP contribution in [0.2, 0.25) is 0 Å². The number of amides is 1. The molecule has 1 aromatic carbocycles. The molecule has 1 saturated carbocycles. The first-order valence-electron chi connectivity index (χ1n) is 10.5. The van der Waals surface area contributed by atoms with Crippen molar-refractivity contribution in [1.82, 2.24) is 16.0 Å². The Morgan fingerprint density at radius 3 is 2.41 bits per heavy atom. The van der Waals surface area contributed by atoms with E-state index in [0.29, 0.717) is 12.5 Å². The Morgan fingerprint density at radius 1 is 1.07 bits per heavy atom. The maximum absolute atomic E-state index is 11.9. The largest absolute Gasteiger partial charge is 0.493 e. The molecule has 0 atom stereocenters. The van der Waals surface area contributed by atoms with Crippen LogP contribution >= 0.6 is 0 Å². The summed E-state index contributed by atoms with van der Waals surface area (Å²) in [5.41, 5.74) is 1.25. The van der Waals surface area contributed by atoms with Crippen LogP contribution in [0.25, 0.3) is 0 Å². The number of ether oxygens (including phenoxy) is 2. The van der Waals surface area contributed by atoms with Gasteiger partial charge in [-0.3, -0.25) is 9.79 Å². The topological polar surface area (TPSA) is 84.0 Å². The molecular formula is C22H36N4O3. The molecule has 3 N–H and O–H groups in total. The smallest absolute Gasteiger partial charge is 0.239 e. The lowest BCUT2D eigenvalue weighted by atomic mass is 9.69. The minimum Gasteiger partial charge on any atom is -0.493 e. The second-order valence-corrected chi connectivity index (χ2v) is 7.54. The summed E-state index contributed by atoms with van der Waals surface area (Å²) >= 11 is 0. The second-order valence-electron chi connectivity index (χ2n) is 7.54. The SMILES string of the molecule is CCCNC(=O)CNC(=NC)NCC1(c2ccc(OC)c(OC)c2)CCCCC1. The molecule has 7 heteroatoms. The molecule has 0 aliphatic heterocycles. The average Bonchev–Trinajstić information content (AvgIpc) is 2.77. The zero-order valence-corrected chi connectivity index (χ0v) is 18.3. The molecule has 0 aromatic heterocycles. The monoisotopic (exact) mass is 404 g/mol. The Kier molecular flexibility index (Phi) is 9.09. The third-order valence-electron chi connectivity index (χ3n) is 5.61. The Balaban J connectivity index is 2.09. The van der Waals surface area contributed by atoms with Gasteiger partial charge in [0.1, 0.15) is 0 Å². The van der Waals surface area contributed by atoms with Crippen LogP contribution in [0.1, 0.15) is 51.0 Å². The number of hydrogen-bond acceptors (Lipinski definition) is 4. The zero-order valence-electron chi connectivity index (χ0n) is 18.3. The predicted molar refractivity (Wildman–Crippen MR) is 117 cm³/mol. The fourth-order valence-electron chi connectivity index (χ4n) is 3.93. The number of aliphatic imine (C=N–C) groups is 1. The van der Waals surface area contributed by atoms with E-state index >= 15 is 0 Å². The number of hydrogen-bond donors (Lipinski definition) is 3. The van der Waals surface area contributed by atoms with Gasteiger partial charge in [-0.2, -0.15) is 0 Å². The molecule has 7 nitrogen and oxygen atoms in total. The molecule has 0 unspecified atom stereocenters. The van der Waals surface area contributed by atoms with Gasteiger partial charge in [0, 0.05) is 25.6 Å². The lowest BCUT2D eigenvalue weighted by Gasteiger charge is -2.38. The minimum atomic E-state index is -0.0259. The summed E-state index contributed by atoms with van der Waals surface area (Å²) in [6, 6.07) is 6.22. The number of nitrogens with one attached hydrogen (secondary N) is 3. The van der Waals surface area contributed by atoms with Crippen LogP contribution in [0.5, 0.6) is 11.5 Å². The van der Waals surface area contributed by atoms with Crippen molar-refractivity contribution in [2.75, 3.05) is 40.9 Å². The molecular weight excluding hydrogens is 368 g/mol. The second kappa shape index (κ2) is 11.5. The standard InChI is InChI=1S/C22H36N4O3/c1-5-13-24-20(27)15-25-21(23-2)26-16-22(11-7-6-8-12-22)17-9-10-18(28-3)19(14-17)29-4/h9-10,14H,5-8,11-13,15-16H2,1-4H3,(H,24,27)(H2,23,25,26). The fourth-order valence-corrected chi connectivity index (χ4v) is 3.93. The molecule has 1 aromatic rings. The summed E-state index contributed by atoms with van der Waals surface area (Å²) in [5, 5.41) is 9.42. The third-order valence-corrected chi connectivity index (χ3v) is 5.61. The van der Waals surface area contributed by atoms with Gasteiger partial charge in [-0.25, -0.2) is 0 Å². The van der Waals surface area contributed by atoms with Crippen molar-refractivity contribution >= 4 is 11.9 Å². The van der Waals surface area contributed by atoms with E-state index < -0.39 is 0 Å². The van der Waals surface area contributed by atoms with Crippen LogP contribution in [0.3, 0.4) is 0 Å². The van der Waals surface area contributed by atoms with Gasteiger partial charge in [-0.15, -0.1) is 0 Å². The zero-order chi connectivity index (χ0) is 21.1. The van der Waals surface area contributed by atoms with E-state index in [4.69, 9.17) is 9.47 Å². The molecule has 29 heavy (non-hydrogen) atoms. The maximum Gasteiger partial charge on any atom is 0.239 e. The van der Waals surface area contributed by atoms with Crippen LogP contribution < -0.4 is 25.4 Å². The number of benzene rings is 1.